The van der Waals surface area contributed by atoms with Gasteiger partial charge in [0, 0.05) is 17.2 Å². The number of rotatable bonds is 7. The van der Waals surface area contributed by atoms with E-state index in [1.165, 1.54) is 83.0 Å². The third-order valence-electron chi connectivity index (χ3n) is 11.0. The van der Waals surface area contributed by atoms with Crippen LogP contribution in [0.4, 0.5) is 0 Å². The first-order chi connectivity index (χ1) is 24.6. The molecular formula is C49H57NO2. The van der Waals surface area contributed by atoms with Crippen molar-refractivity contribution in [3.8, 4) is 33.7 Å². The number of aryl methyl sites for hydroxylation is 6. The lowest BCUT2D eigenvalue weighted by molar-refractivity contribution is -0.105. The van der Waals surface area contributed by atoms with E-state index in [0.717, 1.165) is 43.7 Å². The molecule has 1 aliphatic rings. The third-order valence-corrected chi connectivity index (χ3v) is 11.0. The van der Waals surface area contributed by atoms with Crippen molar-refractivity contribution in [2.45, 2.75) is 114 Å². The third kappa shape index (κ3) is 6.93. The van der Waals surface area contributed by atoms with Gasteiger partial charge in [0.1, 0.15) is 5.75 Å². The number of benzene rings is 5. The van der Waals surface area contributed by atoms with Crippen molar-refractivity contribution in [1.82, 2.24) is 4.57 Å². The lowest BCUT2D eigenvalue weighted by atomic mass is 9.72. The fourth-order valence-electron chi connectivity index (χ4n) is 9.45. The highest BCUT2D eigenvalue weighted by Crippen LogP contribution is 2.44. The summed E-state index contributed by atoms with van der Waals surface area (Å²) in [5, 5.41) is 2.48. The molecule has 1 fully saturated rings. The molecule has 7 rings (SSSR count). The summed E-state index contributed by atoms with van der Waals surface area (Å²) in [5.41, 5.74) is 17.8. The van der Waals surface area contributed by atoms with Crippen LogP contribution in [-0.2, 0) is 10.2 Å². The number of ether oxygens (including phenoxy) is 2. The molecule has 2 heterocycles. The number of aromatic nitrogens is 1. The second-order valence-electron chi connectivity index (χ2n) is 17.6. The summed E-state index contributed by atoms with van der Waals surface area (Å²) in [7, 11) is 0. The van der Waals surface area contributed by atoms with Crippen LogP contribution in [-0.4, -0.2) is 17.5 Å². The van der Waals surface area contributed by atoms with Gasteiger partial charge < -0.3 is 14.0 Å². The van der Waals surface area contributed by atoms with Crippen LogP contribution in [0.3, 0.4) is 0 Å². The molecule has 5 aromatic carbocycles. The van der Waals surface area contributed by atoms with E-state index in [2.05, 4.69) is 160 Å². The van der Waals surface area contributed by atoms with Gasteiger partial charge in [0.2, 0.25) is 0 Å². The Morgan fingerprint density at radius 2 is 1.15 bits per heavy atom. The van der Waals surface area contributed by atoms with E-state index in [4.69, 9.17) is 9.47 Å². The molecule has 0 radical (unpaired) electrons. The van der Waals surface area contributed by atoms with Gasteiger partial charge in [-0.25, -0.2) is 0 Å². The second kappa shape index (κ2) is 13.6. The van der Waals surface area contributed by atoms with Crippen molar-refractivity contribution in [2.24, 2.45) is 5.41 Å². The maximum Gasteiger partial charge on any atom is 0.199 e. The summed E-state index contributed by atoms with van der Waals surface area (Å²) in [6.07, 6.45) is 3.90. The molecule has 0 spiro atoms. The summed E-state index contributed by atoms with van der Waals surface area (Å²) >= 11 is 0. The molecule has 0 bridgehead atoms. The van der Waals surface area contributed by atoms with E-state index in [0.29, 0.717) is 0 Å². The predicted molar refractivity (Wildman–Crippen MR) is 221 cm³/mol. The number of hydrogen-bond acceptors (Lipinski definition) is 2. The van der Waals surface area contributed by atoms with E-state index in [-0.39, 0.29) is 17.1 Å². The minimum absolute atomic E-state index is 0.0474. The lowest BCUT2D eigenvalue weighted by Gasteiger charge is -2.34. The average Bonchev–Trinajstić information content (AvgIpc) is 3.36. The Morgan fingerprint density at radius 1 is 0.635 bits per heavy atom. The van der Waals surface area contributed by atoms with Gasteiger partial charge in [-0.15, -0.1) is 0 Å². The molecule has 1 unspecified atom stereocenters. The van der Waals surface area contributed by atoms with Crippen molar-refractivity contribution in [3.05, 3.63) is 118 Å². The smallest absolute Gasteiger partial charge is 0.199 e. The largest absolute Gasteiger partial charge is 0.463 e. The van der Waals surface area contributed by atoms with Crippen LogP contribution >= 0.6 is 0 Å². The van der Waals surface area contributed by atoms with E-state index in [1.54, 1.807) is 0 Å². The van der Waals surface area contributed by atoms with Crippen LogP contribution < -0.4 is 4.74 Å². The summed E-state index contributed by atoms with van der Waals surface area (Å²) in [6, 6.07) is 30.2. The van der Waals surface area contributed by atoms with Crippen LogP contribution in [0.5, 0.6) is 5.75 Å². The monoisotopic (exact) mass is 691 g/mol. The van der Waals surface area contributed by atoms with Gasteiger partial charge in [-0.1, -0.05) is 100 Å². The van der Waals surface area contributed by atoms with Gasteiger partial charge in [0.05, 0.1) is 23.3 Å². The highest BCUT2D eigenvalue weighted by atomic mass is 16.7. The highest BCUT2D eigenvalue weighted by molar-refractivity contribution is 6.11. The first kappa shape index (κ1) is 36.0. The minimum Gasteiger partial charge on any atom is -0.463 e. The molecule has 6 aromatic rings. The van der Waals surface area contributed by atoms with Crippen LogP contribution in [0.1, 0.15) is 99.2 Å². The molecular weight excluding hydrogens is 635 g/mol. The van der Waals surface area contributed by atoms with Crippen molar-refractivity contribution >= 4 is 21.8 Å². The molecule has 0 saturated carbocycles. The zero-order valence-corrected chi connectivity index (χ0v) is 33.4. The number of fused-ring (bicyclic) bond motifs is 3. The second-order valence-corrected chi connectivity index (χ2v) is 17.6. The molecule has 52 heavy (non-hydrogen) atoms. The Hall–Kier alpha value is -4.34. The highest BCUT2D eigenvalue weighted by Gasteiger charge is 2.30. The molecule has 1 atom stereocenters. The lowest BCUT2D eigenvalue weighted by Crippen LogP contribution is -2.26. The van der Waals surface area contributed by atoms with Crippen LogP contribution in [0.25, 0.3) is 49.7 Å². The fraction of sp³-hybridized carbons (Fsp3) is 0.388. The van der Waals surface area contributed by atoms with Crippen LogP contribution in [0, 0.1) is 47.0 Å². The Morgan fingerprint density at radius 3 is 1.62 bits per heavy atom. The topological polar surface area (TPSA) is 23.4 Å². The zero-order chi connectivity index (χ0) is 37.1. The summed E-state index contributed by atoms with van der Waals surface area (Å²) in [5.74, 6) is 0.863. The van der Waals surface area contributed by atoms with Crippen molar-refractivity contribution < 1.29 is 9.47 Å². The Bertz CT molecular complexity index is 2140. The molecule has 0 aliphatic carbocycles. The van der Waals surface area contributed by atoms with Gasteiger partial charge in [0.25, 0.3) is 0 Å². The van der Waals surface area contributed by atoms with Gasteiger partial charge in [0.15, 0.2) is 6.29 Å². The van der Waals surface area contributed by atoms with Crippen LogP contribution in [0.15, 0.2) is 78.9 Å². The van der Waals surface area contributed by atoms with E-state index < -0.39 is 0 Å². The maximum atomic E-state index is 6.87. The van der Waals surface area contributed by atoms with Crippen molar-refractivity contribution in [2.75, 3.05) is 6.61 Å². The zero-order valence-electron chi connectivity index (χ0n) is 33.4. The normalized spacial score (nSPS) is 15.5. The molecule has 3 heteroatoms. The van der Waals surface area contributed by atoms with Gasteiger partial charge >= 0.3 is 0 Å². The quantitative estimate of drug-likeness (QED) is 0.166. The number of nitrogens with zero attached hydrogens (tertiary/aromatic N) is 1. The molecule has 1 aromatic heterocycles. The first-order valence-electron chi connectivity index (χ1n) is 19.3. The SMILES string of the molecule is Cc1cc(C)c(-c2ccc3c4ccc(-c5c(C)cc(C)cc5C)cc4n(-c4cc(C(C)(C)CC(C)(C)C)ccc4OC4CCCCO4)c3c2)c(C)c1. The van der Waals surface area contributed by atoms with Gasteiger partial charge in [-0.05, 0) is 146 Å². The van der Waals surface area contributed by atoms with E-state index in [1.807, 2.05) is 0 Å². The molecule has 270 valence electrons. The van der Waals surface area contributed by atoms with Crippen LogP contribution in [0.2, 0.25) is 0 Å². The standard InChI is InChI=1S/C49H57NO2/c1-30-22-32(3)46(33(4)23-30)36-15-18-39-40-19-16-37(47-34(5)24-31(2)25-35(47)6)27-42(40)50(41(39)26-36)43-28-38(49(10,11)29-48(7,8)9)17-20-44(43)52-45-14-12-13-21-51-45/h15-20,22-28,45H,12-14,21,29H2,1-11H3. The van der Waals surface area contributed by atoms with Crippen molar-refractivity contribution in [3.63, 3.8) is 0 Å². The summed E-state index contributed by atoms with van der Waals surface area (Å²) in [6.45, 7) is 25.9. The maximum absolute atomic E-state index is 6.87. The predicted octanol–water partition coefficient (Wildman–Crippen LogP) is 13.6. The molecule has 0 amide bonds. The van der Waals surface area contributed by atoms with E-state index in [9.17, 15) is 0 Å². The summed E-state index contributed by atoms with van der Waals surface area (Å²) < 4.78 is 15.5. The Labute approximate surface area is 312 Å². The molecule has 0 N–H and O–H groups in total. The fourth-order valence-corrected chi connectivity index (χ4v) is 9.45. The minimum atomic E-state index is -0.254. The van der Waals surface area contributed by atoms with E-state index >= 15 is 0 Å². The molecule has 1 saturated heterocycles. The Balaban J connectivity index is 1.56. The van der Waals surface area contributed by atoms with Gasteiger partial charge in [-0.3, -0.25) is 0 Å². The first-order valence-corrected chi connectivity index (χ1v) is 19.3. The Kier molecular flexibility index (Phi) is 9.41. The number of hydrogen-bond donors (Lipinski definition) is 0. The molecule has 3 nitrogen and oxygen atoms in total. The average molecular weight is 692 g/mol. The van der Waals surface area contributed by atoms with Gasteiger partial charge in [-0.2, -0.15) is 0 Å². The summed E-state index contributed by atoms with van der Waals surface area (Å²) in [4.78, 5) is 0. The molecule has 1 aliphatic heterocycles. The van der Waals surface area contributed by atoms with Crippen molar-refractivity contribution in [1.29, 1.82) is 0 Å².